The second-order valence-corrected chi connectivity index (χ2v) is 11.2. The van der Waals surface area contributed by atoms with Crippen LogP contribution in [0.15, 0.2) is 36.3 Å². The highest BCUT2D eigenvalue weighted by Crippen LogP contribution is 2.38. The fraction of sp³-hybridized carbons (Fsp3) is 0.560. The number of aromatic nitrogens is 5. The molecule has 192 valence electrons. The number of pyridine rings is 1. The van der Waals surface area contributed by atoms with Gasteiger partial charge in [0.1, 0.15) is 24.3 Å². The molecule has 2 aromatic rings. The van der Waals surface area contributed by atoms with Gasteiger partial charge >= 0.3 is 0 Å². The average molecular weight is 498 g/mol. The molecule has 1 fully saturated rings. The smallest absolute Gasteiger partial charge is 0.290 e. The minimum atomic E-state index is -3.18. The Morgan fingerprint density at radius 2 is 1.86 bits per heavy atom. The second kappa shape index (κ2) is 9.24. The van der Waals surface area contributed by atoms with Crippen LogP contribution < -0.4 is 16.0 Å². The summed E-state index contributed by atoms with van der Waals surface area (Å²) >= 11 is 0. The van der Waals surface area contributed by atoms with Crippen LogP contribution in [0.25, 0.3) is 5.70 Å². The summed E-state index contributed by atoms with van der Waals surface area (Å²) in [6.45, 7) is 12.3. The van der Waals surface area contributed by atoms with Crippen molar-refractivity contribution in [1.29, 1.82) is 5.26 Å². The maximum Gasteiger partial charge on any atom is 0.290 e. The highest BCUT2D eigenvalue weighted by atomic mass is 19.3. The van der Waals surface area contributed by atoms with Crippen LogP contribution >= 0.6 is 0 Å². The van der Waals surface area contributed by atoms with E-state index in [1.807, 2.05) is 13.8 Å². The number of tetrazole rings is 1. The summed E-state index contributed by atoms with van der Waals surface area (Å²) in [6.07, 6.45) is 6.86. The molecular weight excluding hydrogens is 464 g/mol. The van der Waals surface area contributed by atoms with E-state index in [2.05, 4.69) is 70.2 Å². The van der Waals surface area contributed by atoms with Crippen molar-refractivity contribution < 1.29 is 8.78 Å². The summed E-state index contributed by atoms with van der Waals surface area (Å²) in [5, 5.41) is 30.8. The van der Waals surface area contributed by atoms with Crippen LogP contribution in [-0.2, 0) is 0 Å². The number of alkyl halides is 2. The summed E-state index contributed by atoms with van der Waals surface area (Å²) < 4.78 is 31.8. The van der Waals surface area contributed by atoms with Crippen LogP contribution in [0, 0.1) is 17.2 Å². The Kier molecular flexibility index (Phi) is 6.60. The van der Waals surface area contributed by atoms with Crippen LogP contribution in [-0.4, -0.2) is 54.3 Å². The highest BCUT2D eigenvalue weighted by molar-refractivity contribution is 5.69. The molecule has 1 unspecified atom stereocenters. The maximum absolute atomic E-state index is 15.2. The first-order valence-electron chi connectivity index (χ1n) is 12.1. The minimum absolute atomic E-state index is 0.0949. The van der Waals surface area contributed by atoms with E-state index in [1.165, 1.54) is 23.3 Å². The fourth-order valence-corrected chi connectivity index (χ4v) is 5.36. The van der Waals surface area contributed by atoms with Gasteiger partial charge in [-0.25, -0.2) is 9.67 Å². The molecule has 3 heterocycles. The van der Waals surface area contributed by atoms with Crippen molar-refractivity contribution in [2.75, 3.05) is 10.6 Å². The molecule has 0 bridgehead atoms. The van der Waals surface area contributed by atoms with Crippen LogP contribution in [0.5, 0.6) is 0 Å². The average Bonchev–Trinajstić information content (AvgIpc) is 3.27. The minimum Gasteiger partial charge on any atom is -0.381 e. The fourth-order valence-electron chi connectivity index (χ4n) is 5.36. The largest absolute Gasteiger partial charge is 0.381 e. The molecule has 2 aliphatic rings. The standard InChI is InChI=1S/C25H33F2N9/c1-15(2)18-11-25(26,27)21(8-20(18)36-14-30-34-35-36)32-22-7-19(16(12-28)13-29-22)31-17-9-23(3,4)33-24(5,6)10-17/h7-8,11,13-15,17,21,33H,9-10H2,1-6H3,(H2,29,31,32). The molecule has 0 saturated carbocycles. The zero-order chi connectivity index (χ0) is 26.3. The molecule has 1 aliphatic carbocycles. The summed E-state index contributed by atoms with van der Waals surface area (Å²) in [6, 6.07) is 2.49. The Bertz CT molecular complexity index is 1190. The van der Waals surface area contributed by atoms with Gasteiger partial charge in [-0.15, -0.1) is 5.10 Å². The van der Waals surface area contributed by atoms with E-state index in [9.17, 15) is 5.26 Å². The molecule has 1 aliphatic heterocycles. The first kappa shape index (κ1) is 25.7. The number of piperidine rings is 1. The first-order chi connectivity index (χ1) is 16.8. The lowest BCUT2D eigenvalue weighted by molar-refractivity contribution is 0.0452. The third-order valence-electron chi connectivity index (χ3n) is 6.48. The van der Waals surface area contributed by atoms with Crippen molar-refractivity contribution >= 4 is 17.2 Å². The van der Waals surface area contributed by atoms with Crippen LogP contribution in [0.2, 0.25) is 0 Å². The Labute approximate surface area is 210 Å². The van der Waals surface area contributed by atoms with Gasteiger partial charge in [0.25, 0.3) is 5.92 Å². The number of rotatable bonds is 6. The van der Waals surface area contributed by atoms with Crippen LogP contribution in [0.4, 0.5) is 20.3 Å². The van der Waals surface area contributed by atoms with Gasteiger partial charge in [-0.05, 0) is 74.6 Å². The van der Waals surface area contributed by atoms with Crippen LogP contribution in [0.1, 0.15) is 59.9 Å². The van der Waals surface area contributed by atoms with E-state index in [0.29, 0.717) is 22.5 Å². The second-order valence-electron chi connectivity index (χ2n) is 11.2. The monoisotopic (exact) mass is 497 g/mol. The third kappa shape index (κ3) is 5.54. The molecule has 0 amide bonds. The van der Waals surface area contributed by atoms with Crippen LogP contribution in [0.3, 0.4) is 0 Å². The molecule has 0 radical (unpaired) electrons. The first-order valence-corrected chi connectivity index (χ1v) is 12.1. The van der Waals surface area contributed by atoms with E-state index in [0.717, 1.165) is 18.9 Å². The van der Waals surface area contributed by atoms with Gasteiger partial charge in [-0.1, -0.05) is 13.8 Å². The zero-order valence-corrected chi connectivity index (χ0v) is 21.5. The van der Waals surface area contributed by atoms with E-state index < -0.39 is 12.0 Å². The summed E-state index contributed by atoms with van der Waals surface area (Å²) in [7, 11) is 0. The van der Waals surface area contributed by atoms with Gasteiger partial charge in [0, 0.05) is 29.4 Å². The van der Waals surface area contributed by atoms with E-state index in [-0.39, 0.29) is 28.9 Å². The van der Waals surface area contributed by atoms with Crippen molar-refractivity contribution in [2.24, 2.45) is 5.92 Å². The molecule has 4 rings (SSSR count). The normalized spacial score (nSPS) is 22.9. The van der Waals surface area contributed by atoms with Crippen molar-refractivity contribution in [1.82, 2.24) is 30.5 Å². The van der Waals surface area contributed by atoms with Crippen molar-refractivity contribution in [3.05, 3.63) is 41.9 Å². The van der Waals surface area contributed by atoms with Gasteiger partial charge in [-0.2, -0.15) is 14.0 Å². The van der Waals surface area contributed by atoms with E-state index in [1.54, 1.807) is 6.07 Å². The number of nitriles is 1. The quantitative estimate of drug-likeness (QED) is 0.543. The predicted octanol–water partition coefficient (Wildman–Crippen LogP) is 4.21. The molecule has 11 heteroatoms. The Morgan fingerprint density at radius 3 is 2.44 bits per heavy atom. The number of hydrogen-bond donors (Lipinski definition) is 3. The number of nitrogens with one attached hydrogen (secondary N) is 3. The summed E-state index contributed by atoms with van der Waals surface area (Å²) in [5.41, 5.74) is 1.68. The maximum atomic E-state index is 15.2. The van der Waals surface area contributed by atoms with Gasteiger partial charge < -0.3 is 16.0 Å². The molecule has 9 nitrogen and oxygen atoms in total. The molecule has 0 spiro atoms. The Morgan fingerprint density at radius 1 is 1.17 bits per heavy atom. The topological polar surface area (TPSA) is 116 Å². The number of allylic oxidation sites excluding steroid dienone is 2. The number of halogens is 2. The predicted molar refractivity (Wildman–Crippen MR) is 134 cm³/mol. The molecule has 1 saturated heterocycles. The number of nitrogens with zero attached hydrogens (tertiary/aromatic N) is 6. The number of anilines is 2. The van der Waals surface area contributed by atoms with E-state index in [4.69, 9.17) is 0 Å². The van der Waals surface area contributed by atoms with E-state index >= 15 is 8.78 Å². The summed E-state index contributed by atoms with van der Waals surface area (Å²) in [5.74, 6) is -3.10. The Hall–Kier alpha value is -3.39. The SMILES string of the molecule is CC(C)C1=CC(F)(F)C(Nc2cc(NC3CC(C)(C)NC(C)(C)C3)c(C#N)cn2)C=C1n1cnnn1. The van der Waals surface area contributed by atoms with Gasteiger partial charge in [0.05, 0.1) is 16.9 Å². The molecular formula is C25H33F2N9. The highest BCUT2D eigenvalue weighted by Gasteiger charge is 2.42. The lowest BCUT2D eigenvalue weighted by Gasteiger charge is -2.47. The van der Waals surface area contributed by atoms with Crippen molar-refractivity contribution in [3.63, 3.8) is 0 Å². The van der Waals surface area contributed by atoms with Crippen molar-refractivity contribution in [3.8, 4) is 6.07 Å². The van der Waals surface area contributed by atoms with Gasteiger partial charge in [-0.3, -0.25) is 0 Å². The Balaban J connectivity index is 1.62. The lowest BCUT2D eigenvalue weighted by Crippen LogP contribution is -2.60. The lowest BCUT2D eigenvalue weighted by atomic mass is 9.79. The van der Waals surface area contributed by atoms with Crippen molar-refractivity contribution in [2.45, 2.75) is 83.5 Å². The molecule has 0 aromatic carbocycles. The number of hydrogen-bond acceptors (Lipinski definition) is 8. The molecule has 1 atom stereocenters. The zero-order valence-electron chi connectivity index (χ0n) is 21.5. The van der Waals surface area contributed by atoms with Gasteiger partial charge in [0.2, 0.25) is 0 Å². The molecule has 3 N–H and O–H groups in total. The molecule has 2 aromatic heterocycles. The van der Waals surface area contributed by atoms with Gasteiger partial charge in [0.15, 0.2) is 0 Å². The third-order valence-corrected chi connectivity index (χ3v) is 6.48. The summed E-state index contributed by atoms with van der Waals surface area (Å²) in [4.78, 5) is 4.25. The molecule has 36 heavy (non-hydrogen) atoms.